The molecule has 0 saturated carbocycles. The van der Waals surface area contributed by atoms with Crippen molar-refractivity contribution in [3.05, 3.63) is 222 Å². The van der Waals surface area contributed by atoms with Crippen molar-refractivity contribution in [2.75, 3.05) is 0 Å². The third kappa shape index (κ3) is 4.80. The Hall–Kier alpha value is -7.23. The first-order valence-electron chi connectivity index (χ1n) is 18.8. The molecule has 55 heavy (non-hydrogen) atoms. The maximum Gasteiger partial charge on any atom is 0.164 e. The molecule has 3 nitrogen and oxygen atoms in total. The van der Waals surface area contributed by atoms with E-state index in [1.54, 1.807) is 0 Å². The predicted octanol–water partition coefficient (Wildman–Crippen LogP) is 12.7. The molecule has 0 spiro atoms. The van der Waals surface area contributed by atoms with Crippen LogP contribution in [-0.4, -0.2) is 15.0 Å². The Bertz CT molecular complexity index is 2970. The molecule has 1 aliphatic carbocycles. The molecule has 0 bridgehead atoms. The predicted molar refractivity (Wildman–Crippen MR) is 226 cm³/mol. The Balaban J connectivity index is 1.11. The average Bonchev–Trinajstić information content (AvgIpc) is 3.59. The van der Waals surface area contributed by atoms with Gasteiger partial charge in [0.25, 0.3) is 0 Å². The van der Waals surface area contributed by atoms with E-state index in [1.165, 1.54) is 54.6 Å². The van der Waals surface area contributed by atoms with E-state index in [2.05, 4.69) is 140 Å². The fourth-order valence-electron chi connectivity index (χ4n) is 8.98. The first-order chi connectivity index (χ1) is 27.3. The lowest BCUT2D eigenvalue weighted by atomic mass is 9.67. The Morgan fingerprint density at radius 1 is 0.273 bits per heavy atom. The molecule has 3 heteroatoms. The van der Waals surface area contributed by atoms with Crippen LogP contribution in [0.4, 0.5) is 0 Å². The summed E-state index contributed by atoms with van der Waals surface area (Å²) in [7, 11) is 0. The summed E-state index contributed by atoms with van der Waals surface area (Å²) in [5.74, 6) is 1.95. The van der Waals surface area contributed by atoms with Crippen LogP contribution in [0.1, 0.15) is 22.3 Å². The first-order valence-corrected chi connectivity index (χ1v) is 18.8. The third-order valence-electron chi connectivity index (χ3n) is 11.4. The number of rotatable bonds is 6. The minimum Gasteiger partial charge on any atom is -0.208 e. The van der Waals surface area contributed by atoms with E-state index in [0.717, 1.165) is 27.8 Å². The zero-order chi connectivity index (χ0) is 36.3. The Morgan fingerprint density at radius 2 is 0.691 bits per heavy atom. The largest absolute Gasteiger partial charge is 0.208 e. The number of fused-ring (bicyclic) bond motifs is 3. The molecule has 10 aromatic rings. The highest BCUT2D eigenvalue weighted by molar-refractivity contribution is 6.29. The molecular formula is C52H33N3. The lowest BCUT2D eigenvalue weighted by Crippen LogP contribution is -2.28. The van der Waals surface area contributed by atoms with Crippen molar-refractivity contribution < 1.29 is 0 Å². The van der Waals surface area contributed by atoms with E-state index >= 15 is 0 Å². The van der Waals surface area contributed by atoms with Crippen LogP contribution in [0.3, 0.4) is 0 Å². The highest BCUT2D eigenvalue weighted by Crippen LogP contribution is 2.57. The Morgan fingerprint density at radius 3 is 1.24 bits per heavy atom. The Labute approximate surface area is 319 Å². The smallest absolute Gasteiger partial charge is 0.164 e. The van der Waals surface area contributed by atoms with E-state index in [1.807, 2.05) is 60.7 Å². The van der Waals surface area contributed by atoms with E-state index in [-0.39, 0.29) is 0 Å². The van der Waals surface area contributed by atoms with Crippen molar-refractivity contribution >= 4 is 32.3 Å². The second-order valence-electron chi connectivity index (χ2n) is 14.3. The van der Waals surface area contributed by atoms with Crippen LogP contribution in [0.15, 0.2) is 200 Å². The van der Waals surface area contributed by atoms with Gasteiger partial charge in [-0.25, -0.2) is 15.0 Å². The van der Waals surface area contributed by atoms with E-state index in [9.17, 15) is 0 Å². The quantitative estimate of drug-likeness (QED) is 0.162. The fraction of sp³-hybridized carbons (Fsp3) is 0.0192. The molecule has 0 N–H and O–H groups in total. The van der Waals surface area contributed by atoms with Crippen molar-refractivity contribution in [1.82, 2.24) is 15.0 Å². The van der Waals surface area contributed by atoms with Crippen LogP contribution >= 0.6 is 0 Å². The molecule has 0 radical (unpaired) electrons. The van der Waals surface area contributed by atoms with Gasteiger partial charge in [-0.2, -0.15) is 0 Å². The number of hydrogen-bond acceptors (Lipinski definition) is 3. The van der Waals surface area contributed by atoms with Gasteiger partial charge in [-0.05, 0) is 77.8 Å². The van der Waals surface area contributed by atoms with E-state index in [4.69, 9.17) is 15.0 Å². The number of hydrogen-bond donors (Lipinski definition) is 0. The molecule has 0 unspecified atom stereocenters. The first kappa shape index (κ1) is 31.3. The summed E-state index contributed by atoms with van der Waals surface area (Å²) >= 11 is 0. The van der Waals surface area contributed by atoms with Crippen LogP contribution in [0.25, 0.3) is 77.6 Å². The molecule has 1 aromatic heterocycles. The average molecular weight is 700 g/mol. The van der Waals surface area contributed by atoms with Gasteiger partial charge in [0.05, 0.1) is 5.41 Å². The third-order valence-corrected chi connectivity index (χ3v) is 11.4. The number of benzene rings is 9. The normalized spacial score (nSPS) is 12.9. The molecule has 0 atom stereocenters. The SMILES string of the molecule is c1ccc(-c2nc(-c3ccccc3)nc(-c3cccc(-c4ccc5c(c4)c4cccc6c4c4c(cccc54)C6(c4ccccc4)c4ccccc4)c3)n2)cc1. The van der Waals surface area contributed by atoms with Gasteiger partial charge >= 0.3 is 0 Å². The van der Waals surface area contributed by atoms with Crippen molar-refractivity contribution in [1.29, 1.82) is 0 Å². The van der Waals surface area contributed by atoms with E-state index in [0.29, 0.717) is 17.5 Å². The van der Waals surface area contributed by atoms with Crippen molar-refractivity contribution in [3.63, 3.8) is 0 Å². The second-order valence-corrected chi connectivity index (χ2v) is 14.3. The fourth-order valence-corrected chi connectivity index (χ4v) is 8.98. The van der Waals surface area contributed by atoms with Gasteiger partial charge in [-0.15, -0.1) is 0 Å². The summed E-state index contributed by atoms with van der Waals surface area (Å²) in [5.41, 5.74) is 9.92. The van der Waals surface area contributed by atoms with Gasteiger partial charge in [0.2, 0.25) is 0 Å². The van der Waals surface area contributed by atoms with Crippen LogP contribution in [0.5, 0.6) is 0 Å². The summed E-state index contributed by atoms with van der Waals surface area (Å²) < 4.78 is 0. The van der Waals surface area contributed by atoms with Gasteiger partial charge in [0.1, 0.15) is 0 Å². The van der Waals surface area contributed by atoms with Gasteiger partial charge in [0, 0.05) is 16.7 Å². The summed E-state index contributed by atoms with van der Waals surface area (Å²) in [5, 5.41) is 7.76. The highest BCUT2D eigenvalue weighted by atomic mass is 15.0. The van der Waals surface area contributed by atoms with Crippen LogP contribution < -0.4 is 0 Å². The zero-order valence-electron chi connectivity index (χ0n) is 29.9. The summed E-state index contributed by atoms with van der Waals surface area (Å²) in [6, 6.07) is 71.7. The topological polar surface area (TPSA) is 38.7 Å². The summed E-state index contributed by atoms with van der Waals surface area (Å²) in [6.07, 6.45) is 0. The van der Waals surface area contributed by atoms with Crippen LogP contribution in [0, 0.1) is 0 Å². The lowest BCUT2D eigenvalue weighted by molar-refractivity contribution is 0.771. The molecule has 11 rings (SSSR count). The van der Waals surface area contributed by atoms with Gasteiger partial charge < -0.3 is 0 Å². The minimum atomic E-state index is -0.430. The summed E-state index contributed by atoms with van der Waals surface area (Å²) in [4.78, 5) is 14.9. The molecule has 256 valence electrons. The molecule has 0 fully saturated rings. The summed E-state index contributed by atoms with van der Waals surface area (Å²) in [6.45, 7) is 0. The van der Waals surface area contributed by atoms with Gasteiger partial charge in [-0.1, -0.05) is 188 Å². The Kier molecular flexibility index (Phi) is 7.08. The highest BCUT2D eigenvalue weighted by Gasteiger charge is 2.45. The molecule has 1 heterocycles. The van der Waals surface area contributed by atoms with Crippen molar-refractivity contribution in [3.8, 4) is 45.3 Å². The second kappa shape index (κ2) is 12.4. The molecular weight excluding hydrogens is 667 g/mol. The van der Waals surface area contributed by atoms with E-state index < -0.39 is 5.41 Å². The lowest BCUT2D eigenvalue weighted by Gasteiger charge is -2.34. The molecule has 1 aliphatic rings. The molecule has 9 aromatic carbocycles. The van der Waals surface area contributed by atoms with Crippen molar-refractivity contribution in [2.45, 2.75) is 5.41 Å². The minimum absolute atomic E-state index is 0.430. The number of aromatic nitrogens is 3. The maximum atomic E-state index is 5.02. The van der Waals surface area contributed by atoms with Crippen LogP contribution in [-0.2, 0) is 5.41 Å². The monoisotopic (exact) mass is 699 g/mol. The molecule has 0 saturated heterocycles. The van der Waals surface area contributed by atoms with Crippen molar-refractivity contribution in [2.24, 2.45) is 0 Å². The number of nitrogens with zero attached hydrogens (tertiary/aromatic N) is 3. The van der Waals surface area contributed by atoms with Gasteiger partial charge in [0.15, 0.2) is 17.5 Å². The standard InChI is InChI=1S/C52H33N3/c1-5-16-34(17-6-1)49-53-50(35-18-7-2-8-19-35)55-51(54-49)38-21-13-20-36(32-38)37-30-31-41-42-26-14-28-45-47(42)48-43(44(41)33-37)27-15-29-46(48)52(45,39-22-9-3-10-23-39)40-24-11-4-12-25-40/h1-33H. The maximum absolute atomic E-state index is 5.02. The zero-order valence-corrected chi connectivity index (χ0v) is 29.9. The van der Waals surface area contributed by atoms with Gasteiger partial charge in [-0.3, -0.25) is 0 Å². The molecule has 0 amide bonds. The van der Waals surface area contributed by atoms with Crippen LogP contribution in [0.2, 0.25) is 0 Å². The molecule has 0 aliphatic heterocycles.